The highest BCUT2D eigenvalue weighted by Gasteiger charge is 1.97. The van der Waals surface area contributed by atoms with Gasteiger partial charge in [-0.2, -0.15) is 0 Å². The summed E-state index contributed by atoms with van der Waals surface area (Å²) in [4.78, 5) is 11.3. The quantitative estimate of drug-likeness (QED) is 0.466. The first-order chi connectivity index (χ1) is 8.39. The van der Waals surface area contributed by atoms with Gasteiger partial charge in [0, 0.05) is 6.08 Å². The van der Waals surface area contributed by atoms with Crippen molar-refractivity contribution < 1.29 is 9.53 Å². The maximum absolute atomic E-state index is 11.3. The Morgan fingerprint density at radius 2 is 1.41 bits per heavy atom. The van der Waals surface area contributed by atoms with E-state index >= 15 is 0 Å². The van der Waals surface area contributed by atoms with Crippen molar-refractivity contribution in [2.24, 2.45) is 0 Å². The van der Waals surface area contributed by atoms with Crippen LogP contribution >= 0.6 is 0 Å². The fraction of sp³-hybridized carbons (Fsp3) is 0.667. The van der Waals surface area contributed by atoms with Crippen LogP contribution in [0.1, 0.15) is 57.8 Å². The van der Waals surface area contributed by atoms with Gasteiger partial charge in [0.2, 0.25) is 0 Å². The lowest BCUT2D eigenvalue weighted by atomic mass is 10.1. The van der Waals surface area contributed by atoms with Gasteiger partial charge in [-0.15, -0.1) is 0 Å². The van der Waals surface area contributed by atoms with Gasteiger partial charge >= 0.3 is 5.97 Å². The number of carbonyl (C=O) groups is 1. The van der Waals surface area contributed by atoms with Crippen molar-refractivity contribution in [3.63, 3.8) is 0 Å². The van der Waals surface area contributed by atoms with Gasteiger partial charge in [0.15, 0.2) is 0 Å². The van der Waals surface area contributed by atoms with Crippen LogP contribution in [-0.4, -0.2) is 12.6 Å². The fourth-order valence-corrected chi connectivity index (χ4v) is 1.88. The maximum atomic E-state index is 11.3. The van der Waals surface area contributed by atoms with Crippen molar-refractivity contribution in [2.75, 3.05) is 6.61 Å². The van der Waals surface area contributed by atoms with E-state index in [4.69, 9.17) is 4.74 Å². The zero-order chi connectivity index (χ0) is 12.2. The molecule has 0 fully saturated rings. The molecule has 0 amide bonds. The summed E-state index contributed by atoms with van der Waals surface area (Å²) in [6.45, 7) is 0.572. The topological polar surface area (TPSA) is 26.3 Å². The molecule has 2 heteroatoms. The summed E-state index contributed by atoms with van der Waals surface area (Å²) in [5.74, 6) is -0.187. The molecule has 0 aromatic heterocycles. The molecule has 0 unspecified atom stereocenters. The van der Waals surface area contributed by atoms with E-state index < -0.39 is 0 Å². The van der Waals surface area contributed by atoms with Crippen LogP contribution in [0.2, 0.25) is 0 Å². The monoisotopic (exact) mass is 236 g/mol. The molecule has 0 aromatic carbocycles. The van der Waals surface area contributed by atoms with E-state index in [2.05, 4.69) is 12.2 Å². The molecule has 17 heavy (non-hydrogen) atoms. The second-order valence-electron chi connectivity index (χ2n) is 4.53. The van der Waals surface area contributed by atoms with Crippen molar-refractivity contribution in [3.05, 3.63) is 24.3 Å². The molecule has 0 saturated heterocycles. The van der Waals surface area contributed by atoms with E-state index in [9.17, 15) is 4.79 Å². The van der Waals surface area contributed by atoms with Gasteiger partial charge in [-0.3, -0.25) is 0 Å². The Morgan fingerprint density at radius 3 is 2.29 bits per heavy atom. The highest BCUT2D eigenvalue weighted by molar-refractivity contribution is 5.81. The van der Waals surface area contributed by atoms with E-state index in [0.29, 0.717) is 6.61 Å². The average Bonchev–Trinajstić information content (AvgIpc) is 2.32. The predicted molar refractivity (Wildman–Crippen MR) is 70.8 cm³/mol. The van der Waals surface area contributed by atoms with E-state index in [1.54, 1.807) is 6.08 Å². The number of hydrogen-bond acceptors (Lipinski definition) is 2. The summed E-state index contributed by atoms with van der Waals surface area (Å²) in [6.07, 6.45) is 18.4. The smallest absolute Gasteiger partial charge is 0.330 e. The lowest BCUT2D eigenvalue weighted by Gasteiger charge is -2.02. The third-order valence-electron chi connectivity index (χ3n) is 2.92. The van der Waals surface area contributed by atoms with Crippen molar-refractivity contribution in [3.8, 4) is 0 Å². The fourth-order valence-electron chi connectivity index (χ4n) is 1.88. The number of carbonyl (C=O) groups excluding carboxylic acids is 1. The largest absolute Gasteiger partial charge is 0.463 e. The molecular weight excluding hydrogens is 212 g/mol. The molecule has 0 aromatic rings. The minimum Gasteiger partial charge on any atom is -0.463 e. The number of esters is 1. The first kappa shape index (κ1) is 14.0. The Labute approximate surface area is 105 Å². The summed E-state index contributed by atoms with van der Waals surface area (Å²) >= 11 is 0. The van der Waals surface area contributed by atoms with Gasteiger partial charge in [-0.1, -0.05) is 37.5 Å². The Balaban J connectivity index is 2.26. The van der Waals surface area contributed by atoms with Gasteiger partial charge in [0.25, 0.3) is 0 Å². The van der Waals surface area contributed by atoms with Gasteiger partial charge < -0.3 is 4.74 Å². The third-order valence-corrected chi connectivity index (χ3v) is 2.92. The van der Waals surface area contributed by atoms with E-state index in [0.717, 1.165) is 25.7 Å². The molecule has 96 valence electrons. The molecule has 1 aliphatic heterocycles. The molecule has 0 radical (unpaired) electrons. The molecule has 0 N–H and O–H groups in total. The molecule has 1 rings (SSSR count). The Morgan fingerprint density at radius 1 is 0.765 bits per heavy atom. The first-order valence-electron chi connectivity index (χ1n) is 6.88. The highest BCUT2D eigenvalue weighted by atomic mass is 16.5. The van der Waals surface area contributed by atoms with E-state index in [1.807, 2.05) is 6.08 Å². The van der Waals surface area contributed by atoms with E-state index in [-0.39, 0.29) is 5.97 Å². The first-order valence-corrected chi connectivity index (χ1v) is 6.88. The van der Waals surface area contributed by atoms with Gasteiger partial charge in [-0.05, 0) is 38.5 Å². The number of hydrogen-bond donors (Lipinski definition) is 0. The summed E-state index contributed by atoms with van der Waals surface area (Å²) in [5, 5.41) is 0. The molecule has 0 saturated carbocycles. The highest BCUT2D eigenvalue weighted by Crippen LogP contribution is 2.07. The van der Waals surface area contributed by atoms with Crippen LogP contribution in [0.15, 0.2) is 24.3 Å². The number of ether oxygens (including phenoxy) is 1. The second kappa shape index (κ2) is 10.1. The van der Waals surface area contributed by atoms with Gasteiger partial charge in [0.1, 0.15) is 0 Å². The maximum Gasteiger partial charge on any atom is 0.330 e. The minimum absolute atomic E-state index is 0.187. The molecule has 0 atom stereocenters. The van der Waals surface area contributed by atoms with Crippen molar-refractivity contribution in [2.45, 2.75) is 57.8 Å². The molecule has 1 heterocycles. The summed E-state index contributed by atoms with van der Waals surface area (Å²) in [5.41, 5.74) is 0. The average molecular weight is 236 g/mol. The van der Waals surface area contributed by atoms with Crippen LogP contribution in [0.5, 0.6) is 0 Å². The van der Waals surface area contributed by atoms with Crippen LogP contribution in [0.25, 0.3) is 0 Å². The summed E-state index contributed by atoms with van der Waals surface area (Å²) < 4.78 is 5.10. The standard InChI is InChI=1S/C15H24O2/c16-15-13-11-9-7-5-3-1-2-4-6-8-10-12-14-17-15/h1,3,11,13H,2,4-10,12,14H2/b3-1-,13-11+. The van der Waals surface area contributed by atoms with Gasteiger partial charge in [-0.25, -0.2) is 4.79 Å². The van der Waals surface area contributed by atoms with Crippen molar-refractivity contribution in [1.29, 1.82) is 0 Å². The van der Waals surface area contributed by atoms with Crippen molar-refractivity contribution in [1.82, 2.24) is 0 Å². The molecule has 0 bridgehead atoms. The molecule has 2 nitrogen and oxygen atoms in total. The summed E-state index contributed by atoms with van der Waals surface area (Å²) in [7, 11) is 0. The molecular formula is C15H24O2. The Kier molecular flexibility index (Phi) is 8.35. The Hall–Kier alpha value is -1.05. The zero-order valence-electron chi connectivity index (χ0n) is 10.7. The van der Waals surface area contributed by atoms with Crippen LogP contribution < -0.4 is 0 Å². The van der Waals surface area contributed by atoms with Crippen LogP contribution in [0.4, 0.5) is 0 Å². The lowest BCUT2D eigenvalue weighted by Crippen LogP contribution is -2.02. The number of cyclic esters (lactones) is 1. The number of rotatable bonds is 0. The summed E-state index contributed by atoms with van der Waals surface area (Å²) in [6, 6.07) is 0. The van der Waals surface area contributed by atoms with Crippen LogP contribution in [0.3, 0.4) is 0 Å². The van der Waals surface area contributed by atoms with E-state index in [1.165, 1.54) is 32.1 Å². The van der Waals surface area contributed by atoms with Crippen LogP contribution in [-0.2, 0) is 9.53 Å². The zero-order valence-corrected chi connectivity index (χ0v) is 10.7. The minimum atomic E-state index is -0.187. The number of allylic oxidation sites excluding steroid dienone is 3. The molecule has 0 spiro atoms. The molecule has 0 aliphatic carbocycles. The lowest BCUT2D eigenvalue weighted by molar-refractivity contribution is -0.137. The Bertz CT molecular complexity index is 254. The SMILES string of the molecule is O=C1/C=C/CCC/C=C\CCCCCCCO1. The van der Waals surface area contributed by atoms with Crippen LogP contribution in [0, 0.1) is 0 Å². The normalized spacial score (nSPS) is 24.8. The van der Waals surface area contributed by atoms with Crippen molar-refractivity contribution >= 4 is 5.97 Å². The predicted octanol–water partition coefficient (Wildman–Crippen LogP) is 4.17. The second-order valence-corrected chi connectivity index (χ2v) is 4.53. The van der Waals surface area contributed by atoms with Gasteiger partial charge in [0.05, 0.1) is 6.61 Å². The molecule has 1 aliphatic rings. The third kappa shape index (κ3) is 8.73.